The Morgan fingerprint density at radius 3 is 2.78 bits per heavy atom. The van der Waals surface area contributed by atoms with Crippen molar-refractivity contribution in [2.45, 2.75) is 12.8 Å². The number of carbonyl (C=O) groups excluding carboxylic acids is 1. The highest BCUT2D eigenvalue weighted by atomic mass is 16.6. The monoisotopic (exact) mass is 318 g/mol. The van der Waals surface area contributed by atoms with Crippen LogP contribution in [-0.4, -0.2) is 33.9 Å². The van der Waals surface area contributed by atoms with Crippen LogP contribution < -0.4 is 15.8 Å². The largest absolute Gasteiger partial charge is 0.459 e. The smallest absolute Gasteiger partial charge is 0.355 e. The van der Waals surface area contributed by atoms with Gasteiger partial charge in [-0.25, -0.2) is 9.97 Å². The molecule has 0 unspecified atom stereocenters. The zero-order valence-corrected chi connectivity index (χ0v) is 12.1. The van der Waals surface area contributed by atoms with Gasteiger partial charge in [-0.2, -0.15) is 0 Å². The maximum Gasteiger partial charge on any atom is 0.355 e. The minimum atomic E-state index is -0.564. The van der Waals surface area contributed by atoms with Gasteiger partial charge in [0.1, 0.15) is 6.33 Å². The first kappa shape index (κ1) is 14.8. The summed E-state index contributed by atoms with van der Waals surface area (Å²) >= 11 is 0. The number of aromatic nitrogens is 2. The third-order valence-electron chi connectivity index (χ3n) is 3.43. The lowest BCUT2D eigenvalue weighted by molar-refractivity contribution is -0.383. The summed E-state index contributed by atoms with van der Waals surface area (Å²) in [5.74, 6) is -0.316. The summed E-state index contributed by atoms with van der Waals surface area (Å²) < 4.78 is 4.94. The van der Waals surface area contributed by atoms with Gasteiger partial charge in [-0.3, -0.25) is 25.8 Å². The second-order valence-electron chi connectivity index (χ2n) is 4.90. The van der Waals surface area contributed by atoms with Crippen LogP contribution in [0.4, 0.5) is 17.3 Å². The molecule has 2 N–H and O–H groups in total. The molecule has 1 aliphatic heterocycles. The number of amides is 1. The third kappa shape index (κ3) is 3.05. The number of furan rings is 1. The molecule has 1 amide bonds. The van der Waals surface area contributed by atoms with Crippen molar-refractivity contribution >= 4 is 23.2 Å². The number of hydrogen-bond donors (Lipinski definition) is 2. The summed E-state index contributed by atoms with van der Waals surface area (Å²) in [6.07, 6.45) is 4.49. The van der Waals surface area contributed by atoms with Crippen LogP contribution in [0, 0.1) is 10.1 Å². The number of anilines is 2. The van der Waals surface area contributed by atoms with Crippen molar-refractivity contribution in [3.8, 4) is 0 Å². The fraction of sp³-hybridized carbons (Fsp3) is 0.308. The van der Waals surface area contributed by atoms with Gasteiger partial charge < -0.3 is 9.32 Å². The van der Waals surface area contributed by atoms with E-state index in [0.29, 0.717) is 13.1 Å². The molecule has 0 atom stereocenters. The van der Waals surface area contributed by atoms with E-state index in [1.54, 1.807) is 6.07 Å². The number of carbonyl (C=O) groups is 1. The molecular formula is C13H14N6O4. The summed E-state index contributed by atoms with van der Waals surface area (Å²) in [6.45, 7) is 1.41. The molecular weight excluding hydrogens is 304 g/mol. The minimum absolute atomic E-state index is 0.0770. The van der Waals surface area contributed by atoms with Crippen molar-refractivity contribution < 1.29 is 14.1 Å². The average Bonchev–Trinajstić information content (AvgIpc) is 3.24. The van der Waals surface area contributed by atoms with Gasteiger partial charge in [-0.1, -0.05) is 0 Å². The van der Waals surface area contributed by atoms with Gasteiger partial charge in [0.15, 0.2) is 5.76 Å². The molecule has 1 fully saturated rings. The first-order valence-corrected chi connectivity index (χ1v) is 7.01. The van der Waals surface area contributed by atoms with Gasteiger partial charge in [0.2, 0.25) is 11.6 Å². The first-order chi connectivity index (χ1) is 11.2. The summed E-state index contributed by atoms with van der Waals surface area (Å²) in [5.41, 5.74) is 4.52. The molecule has 3 rings (SSSR count). The Kier molecular flexibility index (Phi) is 4.04. The maximum atomic E-state index is 11.8. The number of hydrogen-bond acceptors (Lipinski definition) is 8. The molecule has 0 saturated carbocycles. The molecule has 0 bridgehead atoms. The maximum absolute atomic E-state index is 11.8. The third-order valence-corrected chi connectivity index (χ3v) is 3.43. The van der Waals surface area contributed by atoms with Crippen LogP contribution in [0.2, 0.25) is 0 Å². The fourth-order valence-corrected chi connectivity index (χ4v) is 2.37. The van der Waals surface area contributed by atoms with Crippen LogP contribution in [0.1, 0.15) is 23.4 Å². The second kappa shape index (κ2) is 6.30. The van der Waals surface area contributed by atoms with E-state index in [4.69, 9.17) is 4.42 Å². The van der Waals surface area contributed by atoms with E-state index < -0.39 is 10.8 Å². The van der Waals surface area contributed by atoms with Crippen molar-refractivity contribution in [1.82, 2.24) is 15.4 Å². The van der Waals surface area contributed by atoms with Crippen molar-refractivity contribution in [2.24, 2.45) is 0 Å². The highest BCUT2D eigenvalue weighted by Gasteiger charge is 2.28. The molecule has 1 aliphatic rings. The molecule has 0 spiro atoms. The number of rotatable bonds is 5. The van der Waals surface area contributed by atoms with E-state index in [2.05, 4.69) is 20.8 Å². The predicted molar refractivity (Wildman–Crippen MR) is 79.9 cm³/mol. The lowest BCUT2D eigenvalue weighted by atomic mass is 10.4. The molecule has 0 aliphatic carbocycles. The van der Waals surface area contributed by atoms with E-state index in [1.807, 2.05) is 4.90 Å². The summed E-state index contributed by atoms with van der Waals surface area (Å²) in [4.78, 5) is 32.4. The van der Waals surface area contributed by atoms with E-state index >= 15 is 0 Å². The topological polar surface area (TPSA) is 126 Å². The molecule has 1 saturated heterocycles. The Morgan fingerprint density at radius 2 is 2.13 bits per heavy atom. The van der Waals surface area contributed by atoms with E-state index in [0.717, 1.165) is 12.8 Å². The average molecular weight is 318 g/mol. The molecule has 2 aromatic heterocycles. The zero-order valence-electron chi connectivity index (χ0n) is 12.1. The lowest BCUT2D eigenvalue weighted by Crippen LogP contribution is -2.30. The Hall–Kier alpha value is -3.17. The zero-order chi connectivity index (χ0) is 16.2. The molecule has 2 aromatic rings. The Balaban J connectivity index is 1.82. The van der Waals surface area contributed by atoms with Crippen LogP contribution >= 0.6 is 0 Å². The van der Waals surface area contributed by atoms with Crippen molar-refractivity contribution in [3.05, 3.63) is 40.6 Å². The van der Waals surface area contributed by atoms with Crippen molar-refractivity contribution in [2.75, 3.05) is 23.4 Å². The quantitative estimate of drug-likeness (QED) is 0.624. The lowest BCUT2D eigenvalue weighted by Gasteiger charge is -2.17. The first-order valence-electron chi connectivity index (χ1n) is 7.01. The highest BCUT2D eigenvalue weighted by Crippen LogP contribution is 2.33. The minimum Gasteiger partial charge on any atom is -0.459 e. The normalized spacial score (nSPS) is 13.8. The fourth-order valence-electron chi connectivity index (χ4n) is 2.37. The Bertz CT molecular complexity index is 711. The number of nitro groups is 1. The SMILES string of the molecule is O=C(NNc1ncnc(N2CCCC2)c1[N+](=O)[O-])c1ccco1. The summed E-state index contributed by atoms with van der Waals surface area (Å²) in [6, 6.07) is 3.04. The molecule has 10 heteroatoms. The summed E-state index contributed by atoms with van der Waals surface area (Å²) in [5, 5.41) is 11.4. The Labute approximate surface area is 130 Å². The molecule has 120 valence electrons. The van der Waals surface area contributed by atoms with E-state index in [1.165, 1.54) is 18.7 Å². The predicted octanol–water partition coefficient (Wildman–Crippen LogP) is 1.33. The van der Waals surface area contributed by atoms with Gasteiger partial charge in [-0.05, 0) is 25.0 Å². The van der Waals surface area contributed by atoms with Gasteiger partial charge in [-0.15, -0.1) is 0 Å². The Morgan fingerprint density at radius 1 is 1.35 bits per heavy atom. The summed E-state index contributed by atoms with van der Waals surface area (Å²) in [7, 11) is 0. The van der Waals surface area contributed by atoms with Gasteiger partial charge in [0, 0.05) is 13.1 Å². The molecule has 0 aromatic carbocycles. The van der Waals surface area contributed by atoms with Crippen LogP contribution in [-0.2, 0) is 0 Å². The van der Waals surface area contributed by atoms with Crippen LogP contribution in [0.5, 0.6) is 0 Å². The van der Waals surface area contributed by atoms with Crippen molar-refractivity contribution in [1.29, 1.82) is 0 Å². The molecule has 23 heavy (non-hydrogen) atoms. The van der Waals surface area contributed by atoms with Gasteiger partial charge in [0.05, 0.1) is 11.2 Å². The van der Waals surface area contributed by atoms with Crippen LogP contribution in [0.15, 0.2) is 29.1 Å². The van der Waals surface area contributed by atoms with E-state index in [-0.39, 0.29) is 23.1 Å². The highest BCUT2D eigenvalue weighted by molar-refractivity contribution is 5.92. The molecule has 10 nitrogen and oxygen atoms in total. The van der Waals surface area contributed by atoms with E-state index in [9.17, 15) is 14.9 Å². The number of nitrogens with zero attached hydrogens (tertiary/aromatic N) is 4. The van der Waals surface area contributed by atoms with Gasteiger partial charge in [0.25, 0.3) is 0 Å². The van der Waals surface area contributed by atoms with Crippen LogP contribution in [0.25, 0.3) is 0 Å². The standard InChI is InChI=1S/C13H14N6O4/c20-13(9-4-3-7-23-9)17-16-11-10(19(21)22)12(15-8-14-11)18-5-1-2-6-18/h3-4,7-8H,1-2,5-6H2,(H,17,20)(H,14,15,16). The molecule has 0 radical (unpaired) electrons. The van der Waals surface area contributed by atoms with Crippen LogP contribution in [0.3, 0.4) is 0 Å². The molecule has 3 heterocycles. The number of nitrogens with one attached hydrogen (secondary N) is 2. The van der Waals surface area contributed by atoms with Crippen molar-refractivity contribution in [3.63, 3.8) is 0 Å². The second-order valence-corrected chi connectivity index (χ2v) is 4.90. The number of hydrazine groups is 1. The van der Waals surface area contributed by atoms with Gasteiger partial charge >= 0.3 is 11.6 Å².